The van der Waals surface area contributed by atoms with Crippen LogP contribution in [-0.2, 0) is 16.1 Å². The van der Waals surface area contributed by atoms with Crippen LogP contribution in [0.4, 0.5) is 0 Å². The molecule has 142 valence electrons. The molecule has 1 atom stereocenters. The highest BCUT2D eigenvalue weighted by molar-refractivity contribution is 5.92. The van der Waals surface area contributed by atoms with E-state index in [2.05, 4.69) is 16.3 Å². The summed E-state index contributed by atoms with van der Waals surface area (Å²) in [7, 11) is 0. The van der Waals surface area contributed by atoms with Gasteiger partial charge in [0, 0.05) is 24.1 Å². The average molecular weight is 366 g/mol. The third kappa shape index (κ3) is 4.19. The molecule has 0 spiro atoms. The Morgan fingerprint density at radius 3 is 2.70 bits per heavy atom. The largest absolute Gasteiger partial charge is 0.462 e. The molecule has 0 bridgehead atoms. The zero-order chi connectivity index (χ0) is 19.2. The number of hydrogen-bond donors (Lipinski definition) is 0. The van der Waals surface area contributed by atoms with Gasteiger partial charge in [-0.1, -0.05) is 13.8 Å². The number of nitrogens with zero attached hydrogens (tertiary/aromatic N) is 2. The van der Waals surface area contributed by atoms with Crippen molar-refractivity contribution in [3.8, 4) is 0 Å². The van der Waals surface area contributed by atoms with Crippen molar-refractivity contribution in [3.05, 3.63) is 71.3 Å². The molecule has 0 saturated heterocycles. The molecule has 0 amide bonds. The first-order chi connectivity index (χ1) is 13.2. The summed E-state index contributed by atoms with van der Waals surface area (Å²) >= 11 is 0. The van der Waals surface area contributed by atoms with Crippen LogP contribution < -0.4 is 0 Å². The van der Waals surface area contributed by atoms with Crippen molar-refractivity contribution in [1.82, 2.24) is 9.38 Å². The fourth-order valence-electron chi connectivity index (χ4n) is 3.25. The van der Waals surface area contributed by atoms with E-state index in [-0.39, 0.29) is 12.1 Å². The highest BCUT2D eigenvalue weighted by Crippen LogP contribution is 2.30. The van der Waals surface area contributed by atoms with Crippen molar-refractivity contribution in [3.63, 3.8) is 0 Å². The lowest BCUT2D eigenvalue weighted by atomic mass is 10.0. The first-order valence-corrected chi connectivity index (χ1v) is 9.43. The molecule has 5 nitrogen and oxygen atoms in total. The SMILES string of the molecule is CCCOC(=O)c1cc2cccn2c(C(CC)OCc2ccncc2)c1C. The Balaban J connectivity index is 1.96. The minimum Gasteiger partial charge on any atom is -0.462 e. The predicted molar refractivity (Wildman–Crippen MR) is 105 cm³/mol. The van der Waals surface area contributed by atoms with Gasteiger partial charge in [0.15, 0.2) is 0 Å². The maximum Gasteiger partial charge on any atom is 0.338 e. The van der Waals surface area contributed by atoms with Crippen molar-refractivity contribution in [1.29, 1.82) is 0 Å². The molecule has 3 heterocycles. The molecule has 3 rings (SSSR count). The van der Waals surface area contributed by atoms with E-state index in [1.807, 2.05) is 50.4 Å². The summed E-state index contributed by atoms with van der Waals surface area (Å²) < 4.78 is 13.7. The quantitative estimate of drug-likeness (QED) is 0.533. The lowest BCUT2D eigenvalue weighted by Crippen LogP contribution is -2.15. The lowest BCUT2D eigenvalue weighted by molar-refractivity contribution is 0.0328. The third-order valence-electron chi connectivity index (χ3n) is 4.65. The molecular formula is C22H26N2O3. The first-order valence-electron chi connectivity index (χ1n) is 9.43. The lowest BCUT2D eigenvalue weighted by Gasteiger charge is -2.22. The second kappa shape index (κ2) is 8.82. The maximum atomic E-state index is 12.6. The van der Waals surface area contributed by atoms with E-state index in [0.717, 1.165) is 35.2 Å². The van der Waals surface area contributed by atoms with Gasteiger partial charge in [-0.25, -0.2) is 4.79 Å². The van der Waals surface area contributed by atoms with Gasteiger partial charge >= 0.3 is 5.97 Å². The summed E-state index contributed by atoms with van der Waals surface area (Å²) in [5.74, 6) is -0.275. The fraction of sp³-hybridized carbons (Fsp3) is 0.364. The molecule has 0 saturated carbocycles. The Kier molecular flexibility index (Phi) is 6.24. The Labute approximate surface area is 159 Å². The minimum absolute atomic E-state index is 0.132. The van der Waals surface area contributed by atoms with Gasteiger partial charge < -0.3 is 13.9 Å². The molecule has 1 unspecified atom stereocenters. The fourth-order valence-corrected chi connectivity index (χ4v) is 3.25. The van der Waals surface area contributed by atoms with Gasteiger partial charge in [-0.15, -0.1) is 0 Å². The van der Waals surface area contributed by atoms with Gasteiger partial charge in [0.1, 0.15) is 0 Å². The van der Waals surface area contributed by atoms with Crippen LogP contribution in [0.1, 0.15) is 60.0 Å². The van der Waals surface area contributed by atoms with Crippen molar-refractivity contribution >= 4 is 11.5 Å². The highest BCUT2D eigenvalue weighted by Gasteiger charge is 2.22. The molecule has 5 heteroatoms. The number of carbonyl (C=O) groups is 1. The van der Waals surface area contributed by atoms with Gasteiger partial charge in [-0.3, -0.25) is 4.98 Å². The topological polar surface area (TPSA) is 52.8 Å². The third-order valence-corrected chi connectivity index (χ3v) is 4.65. The summed E-state index contributed by atoms with van der Waals surface area (Å²) in [6, 6.07) is 9.77. The van der Waals surface area contributed by atoms with E-state index >= 15 is 0 Å². The normalized spacial score (nSPS) is 12.3. The van der Waals surface area contributed by atoms with Crippen molar-refractivity contribution < 1.29 is 14.3 Å². The molecule has 3 aromatic rings. The average Bonchev–Trinajstić information content (AvgIpc) is 3.16. The van der Waals surface area contributed by atoms with Crippen molar-refractivity contribution in [2.45, 2.75) is 46.3 Å². The van der Waals surface area contributed by atoms with Crippen LogP contribution in [-0.4, -0.2) is 22.0 Å². The first kappa shape index (κ1) is 19.1. The molecule has 0 N–H and O–H groups in total. The van der Waals surface area contributed by atoms with Gasteiger partial charge in [-0.05, 0) is 61.2 Å². The van der Waals surface area contributed by atoms with Crippen LogP contribution in [0.5, 0.6) is 0 Å². The molecule has 0 radical (unpaired) electrons. The van der Waals surface area contributed by atoms with E-state index in [4.69, 9.17) is 9.47 Å². The Hall–Kier alpha value is -2.66. The van der Waals surface area contributed by atoms with Crippen LogP contribution in [0, 0.1) is 6.92 Å². The van der Waals surface area contributed by atoms with E-state index in [1.165, 1.54) is 0 Å². The van der Waals surface area contributed by atoms with E-state index in [9.17, 15) is 4.79 Å². The Morgan fingerprint density at radius 2 is 2.00 bits per heavy atom. The number of aromatic nitrogens is 2. The highest BCUT2D eigenvalue weighted by atomic mass is 16.5. The second-order valence-electron chi connectivity index (χ2n) is 6.57. The minimum atomic E-state index is -0.275. The van der Waals surface area contributed by atoms with Crippen molar-refractivity contribution in [2.75, 3.05) is 6.61 Å². The van der Waals surface area contributed by atoms with E-state index < -0.39 is 0 Å². The van der Waals surface area contributed by atoms with Gasteiger partial charge in [0.25, 0.3) is 0 Å². The van der Waals surface area contributed by atoms with Gasteiger partial charge in [0.2, 0.25) is 0 Å². The molecule has 0 fully saturated rings. The Bertz CT molecular complexity index is 903. The van der Waals surface area contributed by atoms with Crippen LogP contribution in [0.3, 0.4) is 0 Å². The summed E-state index contributed by atoms with van der Waals surface area (Å²) in [6.07, 6.45) is 7.01. The van der Waals surface area contributed by atoms with Crippen LogP contribution >= 0.6 is 0 Å². The zero-order valence-corrected chi connectivity index (χ0v) is 16.1. The summed E-state index contributed by atoms with van der Waals surface area (Å²) in [4.78, 5) is 16.6. The second-order valence-corrected chi connectivity index (χ2v) is 6.57. The number of esters is 1. The molecule has 27 heavy (non-hydrogen) atoms. The predicted octanol–water partition coefficient (Wildman–Crippen LogP) is 4.88. The summed E-state index contributed by atoms with van der Waals surface area (Å²) in [5, 5.41) is 0. The maximum absolute atomic E-state index is 12.6. The number of carbonyl (C=O) groups excluding carboxylic acids is 1. The molecule has 3 aromatic heterocycles. The van der Waals surface area contributed by atoms with E-state index in [0.29, 0.717) is 18.8 Å². The number of fused-ring (bicyclic) bond motifs is 1. The number of pyridine rings is 2. The Morgan fingerprint density at radius 1 is 1.22 bits per heavy atom. The molecule has 0 aliphatic rings. The van der Waals surface area contributed by atoms with Gasteiger partial charge in [0.05, 0.1) is 30.6 Å². The monoisotopic (exact) mass is 366 g/mol. The molecule has 0 aliphatic heterocycles. The van der Waals surface area contributed by atoms with Crippen LogP contribution in [0.25, 0.3) is 5.52 Å². The molecule has 0 aliphatic carbocycles. The number of hydrogen-bond acceptors (Lipinski definition) is 4. The van der Waals surface area contributed by atoms with E-state index in [1.54, 1.807) is 12.4 Å². The summed E-state index contributed by atoms with van der Waals surface area (Å²) in [6.45, 7) is 6.97. The number of rotatable bonds is 8. The van der Waals surface area contributed by atoms with Gasteiger partial charge in [-0.2, -0.15) is 0 Å². The van der Waals surface area contributed by atoms with Crippen LogP contribution in [0.15, 0.2) is 48.9 Å². The smallest absolute Gasteiger partial charge is 0.338 e. The zero-order valence-electron chi connectivity index (χ0n) is 16.1. The molecular weight excluding hydrogens is 340 g/mol. The number of ether oxygens (including phenoxy) is 2. The van der Waals surface area contributed by atoms with Crippen molar-refractivity contribution in [2.24, 2.45) is 0 Å². The summed E-state index contributed by atoms with van der Waals surface area (Å²) in [5.41, 5.74) is 4.54. The van der Waals surface area contributed by atoms with Crippen LogP contribution in [0.2, 0.25) is 0 Å². The standard InChI is InChI=1S/C22H26N2O3/c1-4-13-26-22(25)19-14-18-7-6-12-24(18)21(16(19)3)20(5-2)27-15-17-8-10-23-11-9-17/h6-12,14,20H,4-5,13,15H2,1-3H3. The molecule has 0 aromatic carbocycles.